The Morgan fingerprint density at radius 1 is 1.06 bits per heavy atom. The average molecular weight is 218 g/mol. The van der Waals surface area contributed by atoms with Crippen LogP contribution >= 0.6 is 0 Å². The highest BCUT2D eigenvalue weighted by Crippen LogP contribution is 2.10. The molecule has 16 heavy (non-hydrogen) atoms. The van der Waals surface area contributed by atoms with Gasteiger partial charge in [0.05, 0.1) is 17.6 Å². The quantitative estimate of drug-likeness (QED) is 0.556. The molecule has 0 saturated heterocycles. The van der Waals surface area contributed by atoms with Crippen LogP contribution in [0.2, 0.25) is 0 Å². The van der Waals surface area contributed by atoms with Gasteiger partial charge in [0, 0.05) is 0 Å². The molecule has 0 aliphatic rings. The molecule has 1 aromatic heterocycles. The van der Waals surface area contributed by atoms with E-state index in [0.717, 1.165) is 10.2 Å². The van der Waals surface area contributed by atoms with Gasteiger partial charge in [-0.25, -0.2) is 0 Å². The van der Waals surface area contributed by atoms with Crippen molar-refractivity contribution < 1.29 is 8.63 Å². The van der Waals surface area contributed by atoms with Crippen LogP contribution in [-0.2, 0) is 0 Å². The molecule has 0 N–H and O–H groups in total. The first-order valence-corrected chi connectivity index (χ1v) is 4.81. The maximum Gasteiger partial charge on any atom is 0.677 e. The normalized spacial score (nSPS) is 10.9. The van der Waals surface area contributed by atoms with Crippen molar-refractivity contribution in [3.05, 3.63) is 54.4 Å². The number of rotatable bonds is 3. The van der Waals surface area contributed by atoms with Gasteiger partial charge in [0.2, 0.25) is 0 Å². The largest absolute Gasteiger partial charge is 0.677 e. The summed E-state index contributed by atoms with van der Waals surface area (Å²) < 4.78 is 25.8. The first kappa shape index (κ1) is 10.6. The van der Waals surface area contributed by atoms with Crippen LogP contribution in [0.1, 0.15) is 5.69 Å². The van der Waals surface area contributed by atoms with Gasteiger partial charge in [0.1, 0.15) is 0 Å². The molecule has 5 heteroatoms. The highest BCUT2D eigenvalue weighted by Gasteiger charge is 2.17. The highest BCUT2D eigenvalue weighted by molar-refractivity contribution is 6.41. The summed E-state index contributed by atoms with van der Waals surface area (Å²) in [5, 5.41) is 0. The summed E-state index contributed by atoms with van der Waals surface area (Å²) in [5.41, 5.74) is 1.13. The smallest absolute Gasteiger partial charge is 0.331 e. The van der Waals surface area contributed by atoms with Crippen LogP contribution in [0, 0.1) is 0 Å². The van der Waals surface area contributed by atoms with E-state index in [9.17, 15) is 8.63 Å². The number of benzene rings is 1. The standard InChI is InChI=1S/C11H9BF2N2/c13-12(14)16-8-4-7-11(16)9-15-10-5-2-1-3-6-10/h1-9H. The van der Waals surface area contributed by atoms with E-state index in [1.165, 1.54) is 12.4 Å². The Bertz CT molecular complexity index is 480. The van der Waals surface area contributed by atoms with Crippen molar-refractivity contribution in [2.75, 3.05) is 0 Å². The fourth-order valence-corrected chi connectivity index (χ4v) is 1.35. The molecule has 0 aliphatic heterocycles. The van der Waals surface area contributed by atoms with Gasteiger partial charge in [-0.05, 0) is 30.5 Å². The van der Waals surface area contributed by atoms with Crippen molar-refractivity contribution in [2.45, 2.75) is 0 Å². The van der Waals surface area contributed by atoms with E-state index in [-0.39, 0.29) is 0 Å². The fraction of sp³-hybridized carbons (Fsp3) is 0. The molecule has 1 aromatic carbocycles. The van der Waals surface area contributed by atoms with Crippen LogP contribution in [0.15, 0.2) is 53.7 Å². The molecule has 0 spiro atoms. The molecule has 2 rings (SSSR count). The minimum absolute atomic E-state index is 0.388. The lowest BCUT2D eigenvalue weighted by atomic mass is 10.2. The molecule has 0 bridgehead atoms. The van der Waals surface area contributed by atoms with E-state index >= 15 is 0 Å². The Morgan fingerprint density at radius 3 is 2.50 bits per heavy atom. The number of aromatic nitrogens is 1. The Balaban J connectivity index is 2.21. The Morgan fingerprint density at radius 2 is 1.81 bits per heavy atom. The Kier molecular flexibility index (Phi) is 3.15. The molecular formula is C11H9BF2N2. The van der Waals surface area contributed by atoms with E-state index in [2.05, 4.69) is 4.99 Å². The molecule has 0 fully saturated rings. The van der Waals surface area contributed by atoms with Gasteiger partial charge >= 0.3 is 7.40 Å². The molecule has 2 aromatic rings. The number of nitrogens with zero attached hydrogens (tertiary/aromatic N) is 2. The third-order valence-electron chi connectivity index (χ3n) is 2.12. The fourth-order valence-electron chi connectivity index (χ4n) is 1.35. The average Bonchev–Trinajstić information content (AvgIpc) is 2.76. The number of hydrogen-bond donors (Lipinski definition) is 0. The first-order valence-electron chi connectivity index (χ1n) is 4.81. The molecular weight excluding hydrogens is 209 g/mol. The van der Waals surface area contributed by atoms with E-state index in [0.29, 0.717) is 5.69 Å². The van der Waals surface area contributed by atoms with Crippen LogP contribution in [0.25, 0.3) is 0 Å². The van der Waals surface area contributed by atoms with Crippen molar-refractivity contribution >= 4 is 19.3 Å². The minimum atomic E-state index is -2.53. The van der Waals surface area contributed by atoms with E-state index in [1.807, 2.05) is 30.3 Å². The zero-order valence-corrected chi connectivity index (χ0v) is 8.42. The molecule has 0 unspecified atom stereocenters. The van der Waals surface area contributed by atoms with Gasteiger partial charge in [-0.2, -0.15) is 0 Å². The minimum Gasteiger partial charge on any atom is -0.331 e. The van der Waals surface area contributed by atoms with Gasteiger partial charge in [-0.3, -0.25) is 13.6 Å². The number of para-hydroxylation sites is 1. The lowest BCUT2D eigenvalue weighted by molar-refractivity contribution is 0.629. The number of halogens is 2. The molecule has 1 heterocycles. The van der Waals surface area contributed by atoms with Gasteiger partial charge in [-0.15, -0.1) is 0 Å². The van der Waals surface area contributed by atoms with Crippen LogP contribution < -0.4 is 0 Å². The van der Waals surface area contributed by atoms with E-state index in [1.54, 1.807) is 12.1 Å². The third kappa shape index (κ3) is 2.36. The number of hydrogen-bond acceptors (Lipinski definition) is 1. The predicted octanol–water partition coefficient (Wildman–Crippen LogP) is 3.01. The van der Waals surface area contributed by atoms with Gasteiger partial charge in [0.15, 0.2) is 0 Å². The SMILES string of the molecule is FB(F)n1cccc1C=Nc1ccccc1. The highest BCUT2D eigenvalue weighted by atomic mass is 19.2. The predicted molar refractivity (Wildman–Crippen MR) is 61.5 cm³/mol. The molecule has 80 valence electrons. The maximum absolute atomic E-state index is 12.5. The molecule has 0 saturated carbocycles. The van der Waals surface area contributed by atoms with Gasteiger partial charge in [-0.1, -0.05) is 18.2 Å². The molecule has 0 radical (unpaired) electrons. The van der Waals surface area contributed by atoms with Crippen LogP contribution in [0.3, 0.4) is 0 Å². The van der Waals surface area contributed by atoms with Crippen molar-refractivity contribution in [3.8, 4) is 0 Å². The zero-order chi connectivity index (χ0) is 11.4. The van der Waals surface area contributed by atoms with Crippen molar-refractivity contribution in [3.63, 3.8) is 0 Å². The second kappa shape index (κ2) is 4.74. The topological polar surface area (TPSA) is 17.3 Å². The van der Waals surface area contributed by atoms with E-state index < -0.39 is 7.40 Å². The van der Waals surface area contributed by atoms with Gasteiger partial charge in [0.25, 0.3) is 0 Å². The summed E-state index contributed by atoms with van der Waals surface area (Å²) in [6.45, 7) is 0. The second-order valence-corrected chi connectivity index (χ2v) is 3.21. The van der Waals surface area contributed by atoms with Crippen LogP contribution in [0.4, 0.5) is 14.3 Å². The zero-order valence-electron chi connectivity index (χ0n) is 8.42. The van der Waals surface area contributed by atoms with Crippen LogP contribution in [-0.4, -0.2) is 18.1 Å². The van der Waals surface area contributed by atoms with E-state index in [4.69, 9.17) is 0 Å². The maximum atomic E-state index is 12.5. The van der Waals surface area contributed by atoms with Gasteiger partial charge < -0.3 is 4.48 Å². The summed E-state index contributed by atoms with van der Waals surface area (Å²) in [6.07, 6.45) is 2.76. The molecule has 2 nitrogen and oxygen atoms in total. The van der Waals surface area contributed by atoms with Crippen molar-refractivity contribution in [2.24, 2.45) is 4.99 Å². The van der Waals surface area contributed by atoms with Crippen molar-refractivity contribution in [1.29, 1.82) is 0 Å². The molecule has 0 aliphatic carbocycles. The lowest BCUT2D eigenvalue weighted by Gasteiger charge is -1.99. The summed E-state index contributed by atoms with van der Waals surface area (Å²) in [4.78, 5) is 4.11. The third-order valence-corrected chi connectivity index (χ3v) is 2.12. The Labute approximate surface area is 92.4 Å². The van der Waals surface area contributed by atoms with Crippen LogP contribution in [0.5, 0.6) is 0 Å². The van der Waals surface area contributed by atoms with Crippen molar-refractivity contribution in [1.82, 2.24) is 4.48 Å². The lowest BCUT2D eigenvalue weighted by Crippen LogP contribution is -2.14. The first-order chi connectivity index (χ1) is 7.77. The monoisotopic (exact) mass is 218 g/mol. The summed E-state index contributed by atoms with van der Waals surface area (Å²) in [5.74, 6) is 0. The second-order valence-electron chi connectivity index (χ2n) is 3.21. The summed E-state index contributed by atoms with van der Waals surface area (Å²) in [6, 6.07) is 12.4. The Hall–Kier alpha value is -1.91. The molecule has 0 atom stereocenters. The number of aliphatic imine (C=N–C) groups is 1. The summed E-state index contributed by atoms with van der Waals surface area (Å²) >= 11 is 0. The summed E-state index contributed by atoms with van der Waals surface area (Å²) in [7, 11) is -2.53. The molecule has 0 amide bonds.